The van der Waals surface area contributed by atoms with Crippen LogP contribution in [0.15, 0.2) is 60.7 Å². The predicted molar refractivity (Wildman–Crippen MR) is 139 cm³/mol. The van der Waals surface area contributed by atoms with Crippen LogP contribution >= 0.6 is 0 Å². The number of esters is 3. The molecule has 3 aromatic carbocycles. The number of methoxy groups -OCH3 is 1. The van der Waals surface area contributed by atoms with Crippen molar-refractivity contribution in [2.75, 3.05) is 26.9 Å². The highest BCUT2D eigenvalue weighted by Crippen LogP contribution is 2.28. The molecule has 0 aromatic heterocycles. The summed E-state index contributed by atoms with van der Waals surface area (Å²) in [5, 5.41) is 1.07. The monoisotopic (exact) mass is 530 g/mol. The first-order valence-corrected chi connectivity index (χ1v) is 12.4. The Hall–Kier alpha value is -4.63. The first kappa shape index (κ1) is 26.0. The van der Waals surface area contributed by atoms with Crippen LogP contribution in [0.3, 0.4) is 0 Å². The number of rotatable bonds is 10. The van der Waals surface area contributed by atoms with E-state index in [0.717, 1.165) is 0 Å². The average Bonchev–Trinajstić information content (AvgIpc) is 3.40. The Labute approximate surface area is 224 Å². The van der Waals surface area contributed by atoms with Crippen molar-refractivity contribution in [3.05, 3.63) is 82.2 Å². The van der Waals surface area contributed by atoms with E-state index >= 15 is 0 Å². The fraction of sp³-hybridized carbons (Fsp3) is 0.233. The maximum atomic E-state index is 12.8. The van der Waals surface area contributed by atoms with Crippen LogP contribution in [0.5, 0.6) is 23.0 Å². The Morgan fingerprint density at radius 1 is 0.769 bits per heavy atom. The molecule has 2 aliphatic heterocycles. The van der Waals surface area contributed by atoms with Crippen molar-refractivity contribution in [1.29, 1.82) is 0 Å². The molecule has 0 saturated heterocycles. The lowest BCUT2D eigenvalue weighted by molar-refractivity contribution is -0.147. The summed E-state index contributed by atoms with van der Waals surface area (Å²) in [6, 6.07) is 17.1. The fourth-order valence-electron chi connectivity index (χ4n) is 4.30. The molecule has 0 spiro atoms. The number of ether oxygens (including phenoxy) is 6. The zero-order chi connectivity index (χ0) is 27.5. The quantitative estimate of drug-likeness (QED) is 0.222. The minimum atomic E-state index is -0.521. The SMILES string of the molecule is COCCOC(=O)COc1ccc(C2=c3cc4c(cc3OC2=O)=C(c2ccc(OC(C)C)cc2)C(=O)O4)cc1. The van der Waals surface area contributed by atoms with Crippen LogP contribution in [0.4, 0.5) is 0 Å². The summed E-state index contributed by atoms with van der Waals surface area (Å²) in [6.45, 7) is 4.07. The summed E-state index contributed by atoms with van der Waals surface area (Å²) in [4.78, 5) is 37.4. The Bertz CT molecular complexity index is 1550. The maximum absolute atomic E-state index is 12.8. The van der Waals surface area contributed by atoms with Crippen LogP contribution in [-0.4, -0.2) is 50.9 Å². The highest BCUT2D eigenvalue weighted by Gasteiger charge is 2.30. The van der Waals surface area contributed by atoms with E-state index in [0.29, 0.717) is 62.3 Å². The first-order valence-electron chi connectivity index (χ1n) is 12.4. The summed E-state index contributed by atoms with van der Waals surface area (Å²) in [7, 11) is 1.52. The van der Waals surface area contributed by atoms with Crippen molar-refractivity contribution in [1.82, 2.24) is 0 Å². The van der Waals surface area contributed by atoms with Gasteiger partial charge in [-0.3, -0.25) is 0 Å². The van der Waals surface area contributed by atoms with Crippen LogP contribution < -0.4 is 29.4 Å². The summed E-state index contributed by atoms with van der Waals surface area (Å²) >= 11 is 0. The van der Waals surface area contributed by atoms with Crippen molar-refractivity contribution < 1.29 is 42.8 Å². The Kier molecular flexibility index (Phi) is 7.33. The minimum absolute atomic E-state index is 0.0298. The van der Waals surface area contributed by atoms with Gasteiger partial charge in [-0.2, -0.15) is 0 Å². The number of hydrogen-bond acceptors (Lipinski definition) is 9. The number of hydrogen-bond donors (Lipinski definition) is 0. The van der Waals surface area contributed by atoms with Crippen LogP contribution in [0.25, 0.3) is 11.1 Å². The number of benzene rings is 3. The highest BCUT2D eigenvalue weighted by molar-refractivity contribution is 6.21. The molecule has 0 fully saturated rings. The molecule has 0 saturated carbocycles. The van der Waals surface area contributed by atoms with Crippen molar-refractivity contribution in [2.45, 2.75) is 20.0 Å². The molecule has 2 heterocycles. The normalized spacial score (nSPS) is 13.6. The van der Waals surface area contributed by atoms with Gasteiger partial charge in [0.25, 0.3) is 0 Å². The second-order valence-corrected chi connectivity index (χ2v) is 9.09. The van der Waals surface area contributed by atoms with Gasteiger partial charge in [-0.15, -0.1) is 0 Å². The lowest BCUT2D eigenvalue weighted by Crippen LogP contribution is -2.17. The lowest BCUT2D eigenvalue weighted by atomic mass is 10.0. The molecule has 9 heteroatoms. The van der Waals surface area contributed by atoms with E-state index in [9.17, 15) is 14.4 Å². The molecule has 2 aliphatic rings. The lowest BCUT2D eigenvalue weighted by Gasteiger charge is -2.09. The standard InChI is InChI=1S/C30H26O9/c1-17(2)37-21-10-6-19(7-11-21)28-23-15-24-22(14-25(23)39-30(28)33)27(29(32)38-24)18-4-8-20(9-5-18)36-16-26(31)35-13-12-34-3/h4-11,14-15,17H,12-13,16H2,1-3H3. The second kappa shape index (κ2) is 11.0. The molecule has 0 bridgehead atoms. The van der Waals surface area contributed by atoms with Gasteiger partial charge < -0.3 is 28.4 Å². The molecular weight excluding hydrogens is 504 g/mol. The van der Waals surface area contributed by atoms with Gasteiger partial charge in [0.2, 0.25) is 0 Å². The minimum Gasteiger partial charge on any atom is -0.491 e. The van der Waals surface area contributed by atoms with Gasteiger partial charge in [0, 0.05) is 17.5 Å². The van der Waals surface area contributed by atoms with E-state index in [1.165, 1.54) is 7.11 Å². The third-order valence-electron chi connectivity index (χ3n) is 6.00. The van der Waals surface area contributed by atoms with Crippen LogP contribution in [0, 0.1) is 0 Å². The van der Waals surface area contributed by atoms with Gasteiger partial charge >= 0.3 is 17.9 Å². The van der Waals surface area contributed by atoms with E-state index in [4.69, 9.17) is 28.4 Å². The summed E-state index contributed by atoms with van der Waals surface area (Å²) < 4.78 is 32.1. The van der Waals surface area contributed by atoms with Crippen LogP contribution in [-0.2, 0) is 23.9 Å². The topological polar surface area (TPSA) is 107 Å². The third-order valence-corrected chi connectivity index (χ3v) is 6.00. The van der Waals surface area contributed by atoms with Crippen molar-refractivity contribution >= 4 is 29.1 Å². The molecule has 39 heavy (non-hydrogen) atoms. The molecule has 3 aromatic rings. The summed E-state index contributed by atoms with van der Waals surface area (Å²) in [6.07, 6.45) is 0.0298. The van der Waals surface area contributed by atoms with E-state index in [1.807, 2.05) is 13.8 Å². The molecule has 0 atom stereocenters. The predicted octanol–water partition coefficient (Wildman–Crippen LogP) is 2.28. The van der Waals surface area contributed by atoms with Crippen molar-refractivity contribution in [3.63, 3.8) is 0 Å². The molecular formula is C30H26O9. The molecule has 9 nitrogen and oxygen atoms in total. The van der Waals surface area contributed by atoms with Gasteiger partial charge in [-0.1, -0.05) is 24.3 Å². The largest absolute Gasteiger partial charge is 0.491 e. The molecule has 0 aliphatic carbocycles. The first-order chi connectivity index (χ1) is 18.8. The Morgan fingerprint density at radius 2 is 1.28 bits per heavy atom. The number of carbonyl (C=O) groups excluding carboxylic acids is 3. The van der Waals surface area contributed by atoms with Gasteiger partial charge in [-0.25, -0.2) is 14.4 Å². The van der Waals surface area contributed by atoms with Crippen molar-refractivity contribution in [3.8, 4) is 23.0 Å². The zero-order valence-electron chi connectivity index (χ0n) is 21.6. The van der Waals surface area contributed by atoms with Crippen LogP contribution in [0.2, 0.25) is 0 Å². The maximum Gasteiger partial charge on any atom is 0.344 e. The summed E-state index contributed by atoms with van der Waals surface area (Å²) in [5.41, 5.74) is 1.97. The van der Waals surface area contributed by atoms with Crippen LogP contribution in [0.1, 0.15) is 25.0 Å². The average molecular weight is 531 g/mol. The Balaban J connectivity index is 1.42. The molecule has 0 amide bonds. The van der Waals surface area contributed by atoms with E-state index in [2.05, 4.69) is 0 Å². The molecule has 200 valence electrons. The van der Waals surface area contributed by atoms with Gasteiger partial charge in [0.05, 0.1) is 23.9 Å². The molecule has 0 unspecified atom stereocenters. The smallest absolute Gasteiger partial charge is 0.344 e. The number of fused-ring (bicyclic) bond motifs is 2. The molecule has 5 rings (SSSR count). The van der Waals surface area contributed by atoms with E-state index in [1.54, 1.807) is 60.7 Å². The summed E-state index contributed by atoms with van der Waals surface area (Å²) in [5.74, 6) is 0.289. The van der Waals surface area contributed by atoms with Crippen molar-refractivity contribution in [2.24, 2.45) is 0 Å². The third kappa shape index (κ3) is 5.49. The second-order valence-electron chi connectivity index (χ2n) is 9.09. The van der Waals surface area contributed by atoms with E-state index < -0.39 is 17.9 Å². The fourth-order valence-corrected chi connectivity index (χ4v) is 4.30. The van der Waals surface area contributed by atoms with E-state index in [-0.39, 0.29) is 19.3 Å². The van der Waals surface area contributed by atoms with Gasteiger partial charge in [0.1, 0.15) is 29.6 Å². The van der Waals surface area contributed by atoms with Gasteiger partial charge in [-0.05, 0) is 61.4 Å². The zero-order valence-corrected chi connectivity index (χ0v) is 21.6. The molecule has 0 N–H and O–H groups in total. The molecule has 0 radical (unpaired) electrons. The Morgan fingerprint density at radius 3 is 1.77 bits per heavy atom. The highest BCUT2D eigenvalue weighted by atomic mass is 16.6. The van der Waals surface area contributed by atoms with Gasteiger partial charge in [0.15, 0.2) is 6.61 Å². The number of carbonyl (C=O) groups is 3.